The molecule has 2 aliphatic heterocycles. The van der Waals surface area contributed by atoms with E-state index in [2.05, 4.69) is 15.4 Å². The van der Waals surface area contributed by atoms with Gasteiger partial charge in [-0.1, -0.05) is 18.2 Å². The number of carbonyl (C=O) groups excluding carboxylic acids is 1. The number of aryl methyl sites for hydroxylation is 1. The second kappa shape index (κ2) is 8.04. The van der Waals surface area contributed by atoms with Gasteiger partial charge in [-0.2, -0.15) is 5.10 Å². The van der Waals surface area contributed by atoms with Crippen LogP contribution in [0.1, 0.15) is 31.7 Å². The molecule has 1 fully saturated rings. The first-order valence-corrected chi connectivity index (χ1v) is 9.66. The number of para-hydroxylation sites is 1. The van der Waals surface area contributed by atoms with E-state index in [-0.39, 0.29) is 30.2 Å². The first-order valence-electron chi connectivity index (χ1n) is 9.66. The molecule has 1 unspecified atom stereocenters. The van der Waals surface area contributed by atoms with E-state index in [1.54, 1.807) is 30.5 Å². The van der Waals surface area contributed by atoms with Crippen LogP contribution in [0.25, 0.3) is 0 Å². The zero-order valence-corrected chi connectivity index (χ0v) is 16.1. The van der Waals surface area contributed by atoms with Crippen molar-refractivity contribution in [2.75, 3.05) is 11.6 Å². The Bertz CT molecular complexity index is 926. The highest BCUT2D eigenvalue weighted by Crippen LogP contribution is 2.29. The van der Waals surface area contributed by atoms with Crippen LogP contribution in [-0.2, 0) is 20.9 Å². The zero-order chi connectivity index (χ0) is 20.4. The van der Waals surface area contributed by atoms with Crippen molar-refractivity contribution in [3.8, 4) is 0 Å². The molecule has 2 aliphatic rings. The lowest BCUT2D eigenvalue weighted by Crippen LogP contribution is -2.41. The van der Waals surface area contributed by atoms with Crippen LogP contribution >= 0.6 is 0 Å². The summed E-state index contributed by atoms with van der Waals surface area (Å²) in [6.07, 6.45) is 3.96. The van der Waals surface area contributed by atoms with Gasteiger partial charge in [0.2, 0.25) is 0 Å². The van der Waals surface area contributed by atoms with Crippen LogP contribution in [0.2, 0.25) is 0 Å². The number of hydrogen-bond donors (Lipinski definition) is 2. The molecule has 1 saturated heterocycles. The molecular weight excluding hydrogens is 374 g/mol. The average Bonchev–Trinajstić information content (AvgIpc) is 3.47. The summed E-state index contributed by atoms with van der Waals surface area (Å²) >= 11 is 0. The molecule has 0 aliphatic carbocycles. The predicted molar refractivity (Wildman–Crippen MR) is 106 cm³/mol. The number of rotatable bonds is 6. The van der Waals surface area contributed by atoms with Crippen molar-refractivity contribution in [2.24, 2.45) is 5.10 Å². The Kier molecular flexibility index (Phi) is 5.30. The Balaban J connectivity index is 1.51. The number of carbonyl (C=O) groups is 2. The second-order valence-electron chi connectivity index (χ2n) is 7.02. The molecule has 3 heterocycles. The zero-order valence-electron chi connectivity index (χ0n) is 16.1. The van der Waals surface area contributed by atoms with E-state index >= 15 is 0 Å². The van der Waals surface area contributed by atoms with Gasteiger partial charge in [0, 0.05) is 32.0 Å². The quantitative estimate of drug-likeness (QED) is 0.766. The van der Waals surface area contributed by atoms with Crippen LogP contribution in [0.15, 0.2) is 47.8 Å². The average molecular weight is 397 g/mol. The van der Waals surface area contributed by atoms with E-state index in [4.69, 9.17) is 4.74 Å². The third-order valence-corrected chi connectivity index (χ3v) is 5.23. The van der Waals surface area contributed by atoms with Gasteiger partial charge in [-0.3, -0.25) is 9.80 Å². The standard InChI is InChI=1S/C20H23N5O4/c1-2-24-10-9-21-18(24)17-14(8-11-29-17)22-19(26)15-12-16(20(27)28)25(23-15)13-6-4-3-5-7-13/h3-7,9-10,14,16-17H,2,8,11-12H2,1H3,(H,22,26)(H,27,28)/t14-,16?,17-/m0/s1. The number of aliphatic carboxylic acids is 1. The summed E-state index contributed by atoms with van der Waals surface area (Å²) in [6, 6.07) is 7.83. The monoisotopic (exact) mass is 397 g/mol. The highest BCUT2D eigenvalue weighted by Gasteiger charge is 2.39. The summed E-state index contributed by atoms with van der Waals surface area (Å²) in [5.74, 6) is -0.616. The third kappa shape index (κ3) is 3.73. The van der Waals surface area contributed by atoms with Crippen molar-refractivity contribution in [3.63, 3.8) is 0 Å². The fraction of sp³-hybridized carbons (Fsp3) is 0.400. The van der Waals surface area contributed by atoms with Crippen LogP contribution in [0.4, 0.5) is 5.69 Å². The fourth-order valence-corrected chi connectivity index (χ4v) is 3.75. The van der Waals surface area contributed by atoms with Gasteiger partial charge >= 0.3 is 5.97 Å². The molecule has 0 saturated carbocycles. The number of imidazole rings is 1. The molecule has 9 heteroatoms. The van der Waals surface area contributed by atoms with Crippen molar-refractivity contribution in [1.29, 1.82) is 0 Å². The topological polar surface area (TPSA) is 109 Å². The van der Waals surface area contributed by atoms with Crippen LogP contribution in [0.3, 0.4) is 0 Å². The molecule has 0 spiro atoms. The number of carboxylic acid groups (broad SMARTS) is 1. The molecule has 1 aromatic heterocycles. The number of hydrazone groups is 1. The van der Waals surface area contributed by atoms with Gasteiger partial charge in [-0.15, -0.1) is 0 Å². The lowest BCUT2D eigenvalue weighted by Gasteiger charge is -2.20. The summed E-state index contributed by atoms with van der Waals surface area (Å²) in [7, 11) is 0. The Morgan fingerprint density at radius 2 is 2.10 bits per heavy atom. The van der Waals surface area contributed by atoms with E-state index in [0.29, 0.717) is 18.7 Å². The van der Waals surface area contributed by atoms with Crippen molar-refractivity contribution >= 4 is 23.3 Å². The maximum absolute atomic E-state index is 12.9. The molecule has 9 nitrogen and oxygen atoms in total. The Morgan fingerprint density at radius 3 is 2.83 bits per heavy atom. The Hall–Kier alpha value is -3.20. The van der Waals surface area contributed by atoms with Gasteiger partial charge < -0.3 is 19.7 Å². The Labute approximate surface area is 168 Å². The van der Waals surface area contributed by atoms with E-state index in [9.17, 15) is 14.7 Å². The van der Waals surface area contributed by atoms with Crippen LogP contribution in [-0.4, -0.2) is 50.9 Å². The summed E-state index contributed by atoms with van der Waals surface area (Å²) in [5, 5.41) is 18.3. The van der Waals surface area contributed by atoms with Crippen LogP contribution < -0.4 is 10.3 Å². The molecule has 4 rings (SSSR count). The first-order chi connectivity index (χ1) is 14.1. The summed E-state index contributed by atoms with van der Waals surface area (Å²) in [5.41, 5.74) is 0.834. The number of anilines is 1. The number of nitrogens with zero attached hydrogens (tertiary/aromatic N) is 4. The number of amides is 1. The molecule has 0 radical (unpaired) electrons. The minimum absolute atomic E-state index is 0.0396. The highest BCUT2D eigenvalue weighted by atomic mass is 16.5. The predicted octanol–water partition coefficient (Wildman–Crippen LogP) is 1.57. The van der Waals surface area contributed by atoms with Gasteiger partial charge in [0.05, 0.1) is 11.7 Å². The number of carboxylic acids is 1. The number of benzene rings is 1. The van der Waals surface area contributed by atoms with Gasteiger partial charge in [-0.05, 0) is 25.5 Å². The van der Waals surface area contributed by atoms with E-state index in [0.717, 1.165) is 12.4 Å². The number of hydrogen-bond acceptors (Lipinski definition) is 6. The second-order valence-corrected chi connectivity index (χ2v) is 7.02. The minimum Gasteiger partial charge on any atom is -0.480 e. The lowest BCUT2D eigenvalue weighted by atomic mass is 10.1. The summed E-state index contributed by atoms with van der Waals surface area (Å²) in [6.45, 7) is 3.30. The minimum atomic E-state index is -1.02. The number of ether oxygens (including phenoxy) is 1. The van der Waals surface area contributed by atoms with Gasteiger partial charge in [-0.25, -0.2) is 9.78 Å². The van der Waals surface area contributed by atoms with Gasteiger partial charge in [0.15, 0.2) is 6.04 Å². The van der Waals surface area contributed by atoms with E-state index in [1.165, 1.54) is 5.01 Å². The summed E-state index contributed by atoms with van der Waals surface area (Å²) in [4.78, 5) is 29.0. The molecule has 3 atom stereocenters. The molecule has 0 bridgehead atoms. The number of nitrogens with one attached hydrogen (secondary N) is 1. The van der Waals surface area contributed by atoms with Crippen molar-refractivity contribution in [2.45, 2.75) is 44.5 Å². The van der Waals surface area contributed by atoms with Crippen molar-refractivity contribution < 1.29 is 19.4 Å². The van der Waals surface area contributed by atoms with E-state index in [1.807, 2.05) is 23.8 Å². The smallest absolute Gasteiger partial charge is 0.328 e. The normalized spacial score (nSPS) is 23.8. The fourth-order valence-electron chi connectivity index (χ4n) is 3.75. The largest absolute Gasteiger partial charge is 0.480 e. The maximum atomic E-state index is 12.9. The SMILES string of the molecule is CCn1ccnc1[C@H]1OCC[C@@H]1NC(=O)C1=NN(c2ccccc2)C(C(=O)O)C1. The molecule has 1 amide bonds. The molecule has 2 N–H and O–H groups in total. The van der Waals surface area contributed by atoms with Gasteiger partial charge in [0.25, 0.3) is 5.91 Å². The van der Waals surface area contributed by atoms with Gasteiger partial charge in [0.1, 0.15) is 17.6 Å². The molecular formula is C20H23N5O4. The first kappa shape index (κ1) is 19.1. The molecule has 152 valence electrons. The lowest BCUT2D eigenvalue weighted by molar-refractivity contribution is -0.138. The molecule has 1 aromatic carbocycles. The van der Waals surface area contributed by atoms with Crippen LogP contribution in [0, 0.1) is 0 Å². The maximum Gasteiger partial charge on any atom is 0.328 e. The molecule has 29 heavy (non-hydrogen) atoms. The summed E-state index contributed by atoms with van der Waals surface area (Å²) < 4.78 is 7.81. The highest BCUT2D eigenvalue weighted by molar-refractivity contribution is 6.40. The van der Waals surface area contributed by atoms with Crippen molar-refractivity contribution in [3.05, 3.63) is 48.5 Å². The van der Waals surface area contributed by atoms with E-state index < -0.39 is 12.0 Å². The Morgan fingerprint density at radius 1 is 1.31 bits per heavy atom. The number of aromatic nitrogens is 2. The molecule has 2 aromatic rings. The van der Waals surface area contributed by atoms with Crippen molar-refractivity contribution in [1.82, 2.24) is 14.9 Å². The third-order valence-electron chi connectivity index (χ3n) is 5.23. The van der Waals surface area contributed by atoms with Crippen LogP contribution in [0.5, 0.6) is 0 Å².